The summed E-state index contributed by atoms with van der Waals surface area (Å²) >= 11 is 0. The van der Waals surface area contributed by atoms with E-state index in [1.165, 1.54) is 12.1 Å². The summed E-state index contributed by atoms with van der Waals surface area (Å²) in [6.07, 6.45) is -1.64. The van der Waals surface area contributed by atoms with Gasteiger partial charge in [-0.05, 0) is 61.8 Å². The van der Waals surface area contributed by atoms with Crippen molar-refractivity contribution in [3.8, 4) is 5.75 Å². The van der Waals surface area contributed by atoms with Crippen LogP contribution in [0.3, 0.4) is 0 Å². The lowest BCUT2D eigenvalue weighted by atomic mass is 10.0. The fourth-order valence-electron chi connectivity index (χ4n) is 5.90. The zero-order valence-corrected chi connectivity index (χ0v) is 34.5. The number of aliphatic imine (C=N–C) groups is 2. The first-order valence-electron chi connectivity index (χ1n) is 19.7. The van der Waals surface area contributed by atoms with Gasteiger partial charge in [0.15, 0.2) is 11.9 Å². The van der Waals surface area contributed by atoms with Crippen molar-refractivity contribution in [2.75, 3.05) is 13.1 Å². The van der Waals surface area contributed by atoms with E-state index in [0.717, 1.165) is 0 Å². The number of nitrogens with one attached hydrogen (secondary N) is 5. The number of phenolic OH excluding ortho intramolecular Hbond substituents is 1. The van der Waals surface area contributed by atoms with Crippen LogP contribution in [-0.4, -0.2) is 119 Å². The fourth-order valence-corrected chi connectivity index (χ4v) is 5.90. The molecule has 6 atom stereocenters. The molecule has 0 aromatic heterocycles. The van der Waals surface area contributed by atoms with Crippen LogP contribution in [0.4, 0.5) is 0 Å². The Morgan fingerprint density at radius 3 is 1.49 bits per heavy atom. The number of nitrogens with zero attached hydrogens (tertiary/aromatic N) is 2. The topological polar surface area (TPSA) is 444 Å². The first kappa shape index (κ1) is 51.6. The summed E-state index contributed by atoms with van der Waals surface area (Å²) in [7, 11) is 0. The molecule has 0 unspecified atom stereocenters. The second kappa shape index (κ2) is 26.7. The first-order valence-corrected chi connectivity index (χ1v) is 19.7. The Kier molecular flexibility index (Phi) is 21.8. The quantitative estimate of drug-likeness (QED) is 0.0217. The smallest absolute Gasteiger partial charge is 0.326 e. The van der Waals surface area contributed by atoms with E-state index >= 15 is 0 Å². The molecule has 0 bridgehead atoms. The molecule has 2 aromatic rings. The van der Waals surface area contributed by atoms with Gasteiger partial charge in [0.05, 0.1) is 12.5 Å². The molecular weight excluding hydrogens is 825 g/mol. The summed E-state index contributed by atoms with van der Waals surface area (Å²) in [6, 6.07) is 5.53. The highest BCUT2D eigenvalue weighted by molar-refractivity contribution is 5.98. The monoisotopic (exact) mass is 882 g/mol. The summed E-state index contributed by atoms with van der Waals surface area (Å²) in [5, 5.41) is 31.6. The van der Waals surface area contributed by atoms with Crippen LogP contribution in [-0.2, 0) is 51.2 Å². The predicted molar refractivity (Wildman–Crippen MR) is 229 cm³/mol. The minimum Gasteiger partial charge on any atom is -0.508 e. The summed E-state index contributed by atoms with van der Waals surface area (Å²) in [4.78, 5) is 112. The number of carbonyl (C=O) groups excluding carboxylic acids is 7. The van der Waals surface area contributed by atoms with Crippen molar-refractivity contribution < 1.29 is 48.6 Å². The summed E-state index contributed by atoms with van der Waals surface area (Å²) in [5.41, 5.74) is 39.5. The van der Waals surface area contributed by atoms with E-state index in [1.54, 1.807) is 42.5 Å². The van der Waals surface area contributed by atoms with Gasteiger partial charge in [0.1, 0.15) is 36.0 Å². The molecule has 0 aliphatic carbocycles. The van der Waals surface area contributed by atoms with Gasteiger partial charge in [0.2, 0.25) is 41.4 Å². The van der Waals surface area contributed by atoms with Crippen LogP contribution in [0.5, 0.6) is 5.75 Å². The number of hydrogen-bond acceptors (Lipinski definition) is 12. The van der Waals surface area contributed by atoms with Gasteiger partial charge in [-0.1, -0.05) is 42.5 Å². The zero-order valence-electron chi connectivity index (χ0n) is 34.5. The molecule has 24 heteroatoms. The van der Waals surface area contributed by atoms with Crippen LogP contribution < -0.4 is 66.7 Å². The van der Waals surface area contributed by atoms with Gasteiger partial charge in [-0.3, -0.25) is 43.5 Å². The Labute approximate surface area is 362 Å². The Hall–Kier alpha value is -7.50. The molecule has 7 amide bonds. The molecule has 0 saturated carbocycles. The van der Waals surface area contributed by atoms with Crippen molar-refractivity contribution in [3.63, 3.8) is 0 Å². The van der Waals surface area contributed by atoms with Gasteiger partial charge in [-0.2, -0.15) is 0 Å². The van der Waals surface area contributed by atoms with E-state index in [0.29, 0.717) is 11.1 Å². The minimum absolute atomic E-state index is 0.00138. The molecule has 344 valence electrons. The van der Waals surface area contributed by atoms with Crippen molar-refractivity contribution in [2.45, 2.75) is 94.0 Å². The van der Waals surface area contributed by atoms with Gasteiger partial charge in [0.25, 0.3) is 0 Å². The molecular formula is C39H58N14O10. The predicted octanol–water partition coefficient (Wildman–Crippen LogP) is -4.74. The van der Waals surface area contributed by atoms with Crippen molar-refractivity contribution in [1.29, 1.82) is 0 Å². The summed E-state index contributed by atoms with van der Waals surface area (Å²) in [5.74, 6) is -8.50. The SMILES string of the molecule is NC(=O)CC[C@H](NC(=O)[C@H](CC(N)=O)NC(=O)[C@H](CCCN=C(N)N)NC(=O)[C@@H](N)Cc1ccc(O)cc1)C(=O)N[C@@H](Cc1ccccc1)C(=O)N[C@@H](CCCN=C(N)N)C(=O)O. The standard InChI is InChI=1S/C39H58N14O10/c40-24(18-22-10-12-23(54)13-11-22)32(57)49-25(8-4-16-47-38(43)44)33(58)53-29(20-31(42)56)36(61)50-26(14-15-30(41)55)34(59)52-28(19-21-6-2-1-3-7-21)35(60)51-27(37(62)63)9-5-17-48-39(45)46/h1-3,6-7,10-13,24-29,54H,4-5,8-9,14-20,40H2,(H2,41,55)(H2,42,56)(H,49,57)(H,50,61)(H,51,60)(H,52,59)(H,53,58)(H,62,63)(H4,43,44,47)(H4,45,46,48)/t24-,25-,26-,27-,28-,29-/m0/s1. The number of aliphatic carboxylic acids is 1. The first-order chi connectivity index (χ1) is 29.7. The van der Waals surface area contributed by atoms with Crippen molar-refractivity contribution in [3.05, 3.63) is 65.7 Å². The number of nitrogens with two attached hydrogens (primary N) is 7. The highest BCUT2D eigenvalue weighted by atomic mass is 16.4. The molecule has 0 heterocycles. The summed E-state index contributed by atoms with van der Waals surface area (Å²) < 4.78 is 0. The third kappa shape index (κ3) is 20.5. The van der Waals surface area contributed by atoms with Gasteiger partial charge < -0.3 is 76.9 Å². The van der Waals surface area contributed by atoms with E-state index < -0.39 is 103 Å². The number of rotatable bonds is 28. The Morgan fingerprint density at radius 1 is 0.524 bits per heavy atom. The van der Waals surface area contributed by atoms with Crippen LogP contribution in [0, 0.1) is 0 Å². The van der Waals surface area contributed by atoms with Crippen LogP contribution >= 0.6 is 0 Å². The normalized spacial score (nSPS) is 13.5. The largest absolute Gasteiger partial charge is 0.508 e. The van der Waals surface area contributed by atoms with Crippen molar-refractivity contribution in [1.82, 2.24) is 26.6 Å². The molecule has 0 aliphatic heterocycles. The second-order valence-corrected chi connectivity index (χ2v) is 14.4. The molecule has 2 aromatic carbocycles. The maximum atomic E-state index is 13.9. The maximum Gasteiger partial charge on any atom is 0.326 e. The van der Waals surface area contributed by atoms with E-state index in [1.807, 2.05) is 0 Å². The highest BCUT2D eigenvalue weighted by Gasteiger charge is 2.34. The Balaban J connectivity index is 2.36. The number of amides is 7. The molecule has 0 radical (unpaired) electrons. The minimum atomic E-state index is -1.75. The van der Waals surface area contributed by atoms with Gasteiger partial charge in [-0.25, -0.2) is 4.79 Å². The lowest BCUT2D eigenvalue weighted by Crippen LogP contribution is -2.60. The third-order valence-electron chi connectivity index (χ3n) is 9.13. The van der Waals surface area contributed by atoms with Crippen LogP contribution in [0.1, 0.15) is 56.1 Å². The second-order valence-electron chi connectivity index (χ2n) is 14.4. The maximum absolute atomic E-state index is 13.9. The van der Waals surface area contributed by atoms with Gasteiger partial charge in [-0.15, -0.1) is 0 Å². The fraction of sp³-hybridized carbons (Fsp3) is 0.436. The number of phenols is 1. The summed E-state index contributed by atoms with van der Waals surface area (Å²) in [6.45, 7) is 0.124. The number of carbonyl (C=O) groups is 8. The number of benzene rings is 2. The lowest BCUT2D eigenvalue weighted by molar-refractivity contribution is -0.142. The van der Waals surface area contributed by atoms with E-state index in [2.05, 4.69) is 36.6 Å². The van der Waals surface area contributed by atoms with E-state index in [-0.39, 0.29) is 69.3 Å². The lowest BCUT2D eigenvalue weighted by Gasteiger charge is -2.27. The van der Waals surface area contributed by atoms with Gasteiger partial charge >= 0.3 is 5.97 Å². The van der Waals surface area contributed by atoms with Crippen LogP contribution in [0.15, 0.2) is 64.6 Å². The van der Waals surface area contributed by atoms with Gasteiger partial charge in [0, 0.05) is 25.9 Å². The van der Waals surface area contributed by atoms with Crippen molar-refractivity contribution >= 4 is 59.2 Å². The van der Waals surface area contributed by atoms with E-state index in [9.17, 15) is 48.6 Å². The molecule has 63 heavy (non-hydrogen) atoms. The molecule has 21 N–H and O–H groups in total. The Morgan fingerprint density at radius 2 is 0.968 bits per heavy atom. The average molecular weight is 883 g/mol. The number of aromatic hydroxyl groups is 1. The molecule has 0 spiro atoms. The van der Waals surface area contributed by atoms with Crippen LogP contribution in [0.25, 0.3) is 0 Å². The number of carboxylic acids is 1. The average Bonchev–Trinajstić information content (AvgIpc) is 3.21. The number of hydrogen-bond donors (Lipinski definition) is 14. The zero-order chi connectivity index (χ0) is 47.1. The molecule has 0 aliphatic rings. The number of carboxylic acid groups (broad SMARTS) is 1. The highest BCUT2D eigenvalue weighted by Crippen LogP contribution is 2.12. The molecule has 0 saturated heterocycles. The molecule has 24 nitrogen and oxygen atoms in total. The number of guanidine groups is 2. The van der Waals surface area contributed by atoms with E-state index in [4.69, 9.17) is 40.1 Å². The van der Waals surface area contributed by atoms with Crippen LogP contribution in [0.2, 0.25) is 0 Å². The number of primary amides is 2. The van der Waals surface area contributed by atoms with Crippen molar-refractivity contribution in [2.24, 2.45) is 50.1 Å². The molecule has 0 fully saturated rings. The Bertz CT molecular complexity index is 1940. The third-order valence-corrected chi connectivity index (χ3v) is 9.13. The molecule has 2 rings (SSSR count).